The number of aromatic nitrogens is 2. The number of hydrogen-bond acceptors (Lipinski definition) is 3. The number of imide groups is 1. The highest BCUT2D eigenvalue weighted by atomic mass is 16.2. The van der Waals surface area contributed by atoms with Gasteiger partial charge in [0.05, 0.1) is 12.9 Å². The van der Waals surface area contributed by atoms with Crippen molar-refractivity contribution in [1.82, 2.24) is 19.4 Å². The molecule has 0 spiro atoms. The van der Waals surface area contributed by atoms with E-state index < -0.39 is 0 Å². The number of carbonyl (C=O) groups is 2. The lowest BCUT2D eigenvalue weighted by Gasteiger charge is -2.23. The van der Waals surface area contributed by atoms with Crippen LogP contribution in [0.5, 0.6) is 0 Å². The molecule has 1 aromatic carbocycles. The molecule has 0 saturated carbocycles. The normalized spacial score (nSPS) is 17.6. The summed E-state index contributed by atoms with van der Waals surface area (Å²) in [4.78, 5) is 33.0. The molecule has 1 saturated heterocycles. The van der Waals surface area contributed by atoms with Crippen molar-refractivity contribution in [3.05, 3.63) is 54.6 Å². The van der Waals surface area contributed by atoms with E-state index in [0.717, 1.165) is 18.5 Å². The van der Waals surface area contributed by atoms with E-state index in [1.54, 1.807) is 17.4 Å². The average molecular weight is 354 g/mol. The summed E-state index contributed by atoms with van der Waals surface area (Å²) in [6, 6.07) is 9.15. The predicted octanol–water partition coefficient (Wildman–Crippen LogP) is 3.15. The van der Waals surface area contributed by atoms with Gasteiger partial charge in [0, 0.05) is 25.5 Å². The molecule has 1 aliphatic rings. The van der Waals surface area contributed by atoms with Gasteiger partial charge in [-0.05, 0) is 24.3 Å². The van der Waals surface area contributed by atoms with Crippen molar-refractivity contribution in [3.8, 4) is 0 Å². The van der Waals surface area contributed by atoms with Gasteiger partial charge in [0.2, 0.25) is 0 Å². The summed E-state index contributed by atoms with van der Waals surface area (Å²) in [5.74, 6) is 0.278. The van der Waals surface area contributed by atoms with E-state index in [0.29, 0.717) is 25.4 Å². The highest BCUT2D eigenvalue weighted by Crippen LogP contribution is 2.25. The third kappa shape index (κ3) is 4.12. The number of nitrogens with zero attached hydrogens (tertiary/aromatic N) is 4. The van der Waals surface area contributed by atoms with Gasteiger partial charge in [-0.3, -0.25) is 9.69 Å². The molecule has 3 rings (SSSR count). The standard InChI is InChI=1S/C20H26N4O2/c1-16(2)13-18-19(25)24(14-17-7-4-3-5-8-17)20(26)23(18)11-6-10-22-12-9-21-15-22/h3-5,7-9,12,15-16,18H,6,10-11,13-14H2,1-2H3. The number of urea groups is 1. The van der Waals surface area contributed by atoms with Gasteiger partial charge < -0.3 is 9.47 Å². The summed E-state index contributed by atoms with van der Waals surface area (Å²) in [6.45, 7) is 5.87. The second kappa shape index (κ2) is 8.17. The number of rotatable bonds is 8. The number of aryl methyl sites for hydroxylation is 1. The Morgan fingerprint density at radius 3 is 2.54 bits per heavy atom. The van der Waals surface area contributed by atoms with Crippen LogP contribution in [0.4, 0.5) is 4.79 Å². The van der Waals surface area contributed by atoms with E-state index in [4.69, 9.17) is 0 Å². The fourth-order valence-corrected chi connectivity index (χ4v) is 3.38. The van der Waals surface area contributed by atoms with Gasteiger partial charge in [-0.15, -0.1) is 0 Å². The summed E-state index contributed by atoms with van der Waals surface area (Å²) in [6.07, 6.45) is 6.91. The Morgan fingerprint density at radius 2 is 1.88 bits per heavy atom. The Kier molecular flexibility index (Phi) is 5.71. The van der Waals surface area contributed by atoms with Crippen LogP contribution in [0.3, 0.4) is 0 Å². The summed E-state index contributed by atoms with van der Waals surface area (Å²) >= 11 is 0. The molecule has 2 aromatic rings. The molecule has 0 bridgehead atoms. The maximum atomic E-state index is 12.9. The second-order valence-corrected chi connectivity index (χ2v) is 7.19. The molecule has 138 valence electrons. The van der Waals surface area contributed by atoms with E-state index in [1.165, 1.54) is 4.90 Å². The summed E-state index contributed by atoms with van der Waals surface area (Å²) in [5.41, 5.74) is 0.970. The first-order valence-corrected chi connectivity index (χ1v) is 9.18. The van der Waals surface area contributed by atoms with Crippen LogP contribution in [0, 0.1) is 5.92 Å². The number of amides is 3. The van der Waals surface area contributed by atoms with Gasteiger partial charge >= 0.3 is 6.03 Å². The van der Waals surface area contributed by atoms with E-state index in [-0.39, 0.29) is 18.0 Å². The summed E-state index contributed by atoms with van der Waals surface area (Å²) < 4.78 is 1.99. The van der Waals surface area contributed by atoms with Crippen LogP contribution in [-0.4, -0.2) is 43.9 Å². The van der Waals surface area contributed by atoms with Crippen molar-refractivity contribution < 1.29 is 9.59 Å². The van der Waals surface area contributed by atoms with Crippen LogP contribution in [0.15, 0.2) is 49.1 Å². The molecular weight excluding hydrogens is 328 g/mol. The molecule has 1 atom stereocenters. The topological polar surface area (TPSA) is 58.4 Å². The van der Waals surface area contributed by atoms with Gasteiger partial charge in [-0.2, -0.15) is 0 Å². The van der Waals surface area contributed by atoms with E-state index in [2.05, 4.69) is 18.8 Å². The summed E-state index contributed by atoms with van der Waals surface area (Å²) in [5, 5.41) is 0. The Bertz CT molecular complexity index is 728. The minimum atomic E-state index is -0.353. The fourth-order valence-electron chi connectivity index (χ4n) is 3.38. The Hall–Kier alpha value is -2.63. The molecule has 1 aliphatic heterocycles. The van der Waals surface area contributed by atoms with Crippen LogP contribution in [0.25, 0.3) is 0 Å². The smallest absolute Gasteiger partial charge is 0.327 e. The number of carbonyl (C=O) groups excluding carboxylic acids is 2. The van der Waals surface area contributed by atoms with Crippen molar-refractivity contribution in [3.63, 3.8) is 0 Å². The minimum absolute atomic E-state index is 0.0739. The van der Waals surface area contributed by atoms with Gasteiger partial charge in [0.1, 0.15) is 6.04 Å². The predicted molar refractivity (Wildman–Crippen MR) is 99.2 cm³/mol. The highest BCUT2D eigenvalue weighted by molar-refractivity contribution is 6.04. The lowest BCUT2D eigenvalue weighted by Crippen LogP contribution is -2.37. The highest BCUT2D eigenvalue weighted by Gasteiger charge is 2.44. The SMILES string of the molecule is CC(C)CC1C(=O)N(Cc2ccccc2)C(=O)N1CCCn1ccnc1. The Morgan fingerprint density at radius 1 is 1.12 bits per heavy atom. The molecular formula is C20H26N4O2. The zero-order valence-corrected chi connectivity index (χ0v) is 15.4. The second-order valence-electron chi connectivity index (χ2n) is 7.19. The van der Waals surface area contributed by atoms with Crippen molar-refractivity contribution in [1.29, 1.82) is 0 Å². The molecule has 6 heteroatoms. The van der Waals surface area contributed by atoms with E-state index in [9.17, 15) is 9.59 Å². The van der Waals surface area contributed by atoms with Crippen LogP contribution in [0.2, 0.25) is 0 Å². The lowest BCUT2D eigenvalue weighted by atomic mass is 10.0. The average Bonchev–Trinajstić information content (AvgIpc) is 3.21. The first kappa shape index (κ1) is 18.2. The number of imidazole rings is 1. The van der Waals surface area contributed by atoms with Crippen LogP contribution in [0.1, 0.15) is 32.3 Å². The van der Waals surface area contributed by atoms with Gasteiger partial charge in [-0.25, -0.2) is 9.78 Å². The van der Waals surface area contributed by atoms with Gasteiger partial charge in [-0.1, -0.05) is 44.2 Å². The first-order valence-electron chi connectivity index (χ1n) is 9.18. The molecule has 1 unspecified atom stereocenters. The third-order valence-electron chi connectivity index (χ3n) is 4.66. The van der Waals surface area contributed by atoms with E-state index in [1.807, 2.05) is 41.1 Å². The molecule has 26 heavy (non-hydrogen) atoms. The number of benzene rings is 1. The maximum absolute atomic E-state index is 12.9. The Balaban J connectivity index is 1.70. The Labute approximate surface area is 154 Å². The largest absolute Gasteiger partial charge is 0.337 e. The van der Waals surface area contributed by atoms with Gasteiger partial charge in [0.25, 0.3) is 5.91 Å². The quantitative estimate of drug-likeness (QED) is 0.684. The zero-order chi connectivity index (χ0) is 18.5. The molecule has 3 amide bonds. The zero-order valence-electron chi connectivity index (χ0n) is 15.4. The minimum Gasteiger partial charge on any atom is -0.337 e. The van der Waals surface area contributed by atoms with Gasteiger partial charge in [0.15, 0.2) is 0 Å². The molecule has 0 N–H and O–H groups in total. The molecule has 1 aromatic heterocycles. The van der Waals surface area contributed by atoms with Crippen LogP contribution < -0.4 is 0 Å². The molecule has 0 aliphatic carbocycles. The molecule has 2 heterocycles. The van der Waals surface area contributed by atoms with Crippen LogP contribution in [-0.2, 0) is 17.9 Å². The van der Waals surface area contributed by atoms with Crippen LogP contribution >= 0.6 is 0 Å². The number of hydrogen-bond donors (Lipinski definition) is 0. The third-order valence-corrected chi connectivity index (χ3v) is 4.66. The monoisotopic (exact) mass is 354 g/mol. The first-order chi connectivity index (χ1) is 12.6. The lowest BCUT2D eigenvalue weighted by molar-refractivity contribution is -0.129. The van der Waals surface area contributed by atoms with Crippen molar-refractivity contribution >= 4 is 11.9 Å². The van der Waals surface area contributed by atoms with Crippen molar-refractivity contribution in [2.24, 2.45) is 5.92 Å². The molecule has 6 nitrogen and oxygen atoms in total. The summed E-state index contributed by atoms with van der Waals surface area (Å²) in [7, 11) is 0. The van der Waals surface area contributed by atoms with Crippen molar-refractivity contribution in [2.75, 3.05) is 6.54 Å². The maximum Gasteiger partial charge on any atom is 0.327 e. The van der Waals surface area contributed by atoms with E-state index >= 15 is 0 Å². The van der Waals surface area contributed by atoms with Crippen molar-refractivity contribution in [2.45, 2.75) is 45.8 Å². The molecule has 0 radical (unpaired) electrons. The molecule has 1 fully saturated rings. The fraction of sp³-hybridized carbons (Fsp3) is 0.450.